The molecule has 0 aliphatic rings. The molecule has 1 aromatic rings. The summed E-state index contributed by atoms with van der Waals surface area (Å²) in [6, 6.07) is 3.81. The highest BCUT2D eigenvalue weighted by molar-refractivity contribution is 14.1. The zero-order chi connectivity index (χ0) is 15.5. The van der Waals surface area contributed by atoms with Crippen LogP contribution in [0.2, 0.25) is 0 Å². The zero-order valence-corrected chi connectivity index (χ0v) is 14.0. The maximum atomic E-state index is 12.0. The molecule has 1 amide bonds. The van der Waals surface area contributed by atoms with E-state index >= 15 is 0 Å². The summed E-state index contributed by atoms with van der Waals surface area (Å²) in [5.74, 6) is -0.904. The quantitative estimate of drug-likeness (QED) is 0.613. The predicted molar refractivity (Wildman–Crippen MR) is 83.6 cm³/mol. The van der Waals surface area contributed by atoms with Crippen molar-refractivity contribution in [1.82, 2.24) is 5.32 Å². The molecule has 0 aromatic heterocycles. The second-order valence-electron chi connectivity index (χ2n) is 5.39. The number of benzene rings is 1. The second-order valence-corrected chi connectivity index (χ2v) is 6.56. The van der Waals surface area contributed by atoms with E-state index < -0.39 is 23.5 Å². The van der Waals surface area contributed by atoms with Crippen molar-refractivity contribution in [3.05, 3.63) is 27.3 Å². The third kappa shape index (κ3) is 4.99. The molecule has 6 heteroatoms. The first kappa shape index (κ1) is 16.7. The number of hydrogen-bond acceptors (Lipinski definition) is 4. The van der Waals surface area contributed by atoms with Crippen molar-refractivity contribution in [3.8, 4) is 5.75 Å². The summed E-state index contributed by atoms with van der Waals surface area (Å²) >= 11 is 1.96. The fraction of sp³-hybridized carbons (Fsp3) is 0.429. The van der Waals surface area contributed by atoms with Gasteiger partial charge in [-0.3, -0.25) is 4.79 Å². The average molecular weight is 391 g/mol. The molecule has 5 nitrogen and oxygen atoms in total. The standard InChI is InChI=1S/C14H18INO4/c1-8(13(19)20-14(2,3)4)16-12(18)9-5-6-10(15)11(17)7-9/h5-8,17H,1-4H3,(H,16,18)/t8-/m0/s1. The molecule has 1 atom stereocenters. The van der Waals surface area contributed by atoms with E-state index in [1.54, 1.807) is 39.8 Å². The van der Waals surface area contributed by atoms with E-state index in [0.717, 1.165) is 0 Å². The molecular formula is C14H18INO4. The van der Waals surface area contributed by atoms with Crippen LogP contribution in [-0.4, -0.2) is 28.6 Å². The molecule has 0 aliphatic heterocycles. The number of aromatic hydroxyl groups is 1. The summed E-state index contributed by atoms with van der Waals surface area (Å²) in [6.45, 7) is 6.84. The molecule has 0 radical (unpaired) electrons. The van der Waals surface area contributed by atoms with Crippen molar-refractivity contribution in [2.45, 2.75) is 39.3 Å². The molecule has 1 aromatic carbocycles. The Morgan fingerprint density at radius 1 is 1.35 bits per heavy atom. The highest BCUT2D eigenvalue weighted by Gasteiger charge is 2.23. The van der Waals surface area contributed by atoms with Crippen LogP contribution in [0.5, 0.6) is 5.75 Å². The van der Waals surface area contributed by atoms with Gasteiger partial charge in [0.1, 0.15) is 17.4 Å². The number of amides is 1. The molecule has 0 unspecified atom stereocenters. The van der Waals surface area contributed by atoms with Gasteiger partial charge in [0, 0.05) is 5.56 Å². The topological polar surface area (TPSA) is 75.6 Å². The van der Waals surface area contributed by atoms with Crippen molar-refractivity contribution in [2.75, 3.05) is 0 Å². The van der Waals surface area contributed by atoms with Gasteiger partial charge in [-0.05, 0) is 68.5 Å². The lowest BCUT2D eigenvalue weighted by molar-refractivity contribution is -0.156. The van der Waals surface area contributed by atoms with Crippen molar-refractivity contribution in [1.29, 1.82) is 0 Å². The number of hydrogen-bond donors (Lipinski definition) is 2. The first-order valence-corrected chi connectivity index (χ1v) is 7.20. The van der Waals surface area contributed by atoms with Gasteiger partial charge in [0.05, 0.1) is 3.57 Å². The van der Waals surface area contributed by atoms with Crippen LogP contribution in [0.15, 0.2) is 18.2 Å². The number of ether oxygens (including phenoxy) is 1. The highest BCUT2D eigenvalue weighted by Crippen LogP contribution is 2.20. The number of carbonyl (C=O) groups is 2. The van der Waals surface area contributed by atoms with Gasteiger partial charge in [-0.1, -0.05) is 0 Å². The molecule has 1 rings (SSSR count). The number of carbonyl (C=O) groups excluding carboxylic acids is 2. The number of phenolic OH excluding ortho intramolecular Hbond substituents is 1. The minimum Gasteiger partial charge on any atom is -0.507 e. The number of halogens is 1. The molecule has 0 fully saturated rings. The van der Waals surface area contributed by atoms with Gasteiger partial charge in [0.15, 0.2) is 0 Å². The Hall–Kier alpha value is -1.31. The van der Waals surface area contributed by atoms with Gasteiger partial charge in [0.25, 0.3) is 5.91 Å². The minimum atomic E-state index is -0.761. The fourth-order valence-corrected chi connectivity index (χ4v) is 1.72. The van der Waals surface area contributed by atoms with Gasteiger partial charge in [-0.2, -0.15) is 0 Å². The minimum absolute atomic E-state index is 0.0307. The number of esters is 1. The molecule has 0 heterocycles. The largest absolute Gasteiger partial charge is 0.507 e. The van der Waals surface area contributed by atoms with Crippen LogP contribution < -0.4 is 5.32 Å². The number of nitrogens with one attached hydrogen (secondary N) is 1. The average Bonchev–Trinajstić information content (AvgIpc) is 2.30. The number of phenols is 1. The SMILES string of the molecule is C[C@H](NC(=O)c1ccc(I)c(O)c1)C(=O)OC(C)(C)C. The summed E-state index contributed by atoms with van der Waals surface area (Å²) in [4.78, 5) is 23.7. The Bertz CT molecular complexity index is 522. The van der Waals surface area contributed by atoms with Crippen LogP contribution in [0, 0.1) is 3.57 Å². The van der Waals surface area contributed by atoms with E-state index in [2.05, 4.69) is 5.32 Å². The van der Waals surface area contributed by atoms with E-state index in [0.29, 0.717) is 9.13 Å². The van der Waals surface area contributed by atoms with Gasteiger partial charge < -0.3 is 15.2 Å². The van der Waals surface area contributed by atoms with E-state index in [-0.39, 0.29) is 5.75 Å². The van der Waals surface area contributed by atoms with E-state index in [4.69, 9.17) is 4.74 Å². The first-order valence-electron chi connectivity index (χ1n) is 6.12. The van der Waals surface area contributed by atoms with Crippen LogP contribution in [-0.2, 0) is 9.53 Å². The van der Waals surface area contributed by atoms with Gasteiger partial charge >= 0.3 is 5.97 Å². The summed E-state index contributed by atoms with van der Waals surface area (Å²) in [5, 5.41) is 12.1. The van der Waals surface area contributed by atoms with Crippen LogP contribution in [0.1, 0.15) is 38.1 Å². The molecule has 0 bridgehead atoms. The molecule has 110 valence electrons. The highest BCUT2D eigenvalue weighted by atomic mass is 127. The Morgan fingerprint density at radius 2 is 1.95 bits per heavy atom. The van der Waals surface area contributed by atoms with Crippen molar-refractivity contribution < 1.29 is 19.4 Å². The van der Waals surface area contributed by atoms with Crippen LogP contribution in [0.3, 0.4) is 0 Å². The van der Waals surface area contributed by atoms with Crippen molar-refractivity contribution in [2.24, 2.45) is 0 Å². The normalized spacial score (nSPS) is 12.7. The lowest BCUT2D eigenvalue weighted by Crippen LogP contribution is -2.42. The van der Waals surface area contributed by atoms with E-state index in [9.17, 15) is 14.7 Å². The first-order chi connectivity index (χ1) is 9.10. The summed E-state index contributed by atoms with van der Waals surface area (Å²) in [7, 11) is 0. The summed E-state index contributed by atoms with van der Waals surface area (Å²) in [6.07, 6.45) is 0. The van der Waals surface area contributed by atoms with Crippen molar-refractivity contribution >= 4 is 34.5 Å². The lowest BCUT2D eigenvalue weighted by Gasteiger charge is -2.22. The van der Waals surface area contributed by atoms with Gasteiger partial charge in [-0.25, -0.2) is 4.79 Å². The molecule has 0 spiro atoms. The van der Waals surface area contributed by atoms with Crippen LogP contribution >= 0.6 is 22.6 Å². The molecule has 2 N–H and O–H groups in total. The molecule has 0 saturated carbocycles. The maximum absolute atomic E-state index is 12.0. The van der Waals surface area contributed by atoms with Crippen molar-refractivity contribution in [3.63, 3.8) is 0 Å². The second kappa shape index (κ2) is 6.43. The van der Waals surface area contributed by atoms with Crippen LogP contribution in [0.25, 0.3) is 0 Å². The van der Waals surface area contributed by atoms with E-state index in [1.807, 2.05) is 22.6 Å². The smallest absolute Gasteiger partial charge is 0.328 e. The zero-order valence-electron chi connectivity index (χ0n) is 11.9. The molecule has 0 aliphatic carbocycles. The third-order valence-corrected chi connectivity index (χ3v) is 3.23. The Morgan fingerprint density at radius 3 is 2.45 bits per heavy atom. The van der Waals surface area contributed by atoms with Gasteiger partial charge in [0.2, 0.25) is 0 Å². The third-order valence-electron chi connectivity index (χ3n) is 2.32. The lowest BCUT2D eigenvalue weighted by atomic mass is 10.1. The fourth-order valence-electron chi connectivity index (χ4n) is 1.38. The predicted octanol–water partition coefficient (Wildman–Crippen LogP) is 2.46. The Labute approximate surface area is 131 Å². The summed E-state index contributed by atoms with van der Waals surface area (Å²) in [5.41, 5.74) is -0.310. The molecule has 0 saturated heterocycles. The molecular weight excluding hydrogens is 373 g/mol. The molecule has 20 heavy (non-hydrogen) atoms. The Kier molecular flexibility index (Phi) is 5.38. The number of rotatable bonds is 3. The van der Waals surface area contributed by atoms with E-state index in [1.165, 1.54) is 6.07 Å². The summed E-state index contributed by atoms with van der Waals surface area (Å²) < 4.78 is 5.83. The monoisotopic (exact) mass is 391 g/mol. The van der Waals surface area contributed by atoms with Gasteiger partial charge in [-0.15, -0.1) is 0 Å². The maximum Gasteiger partial charge on any atom is 0.328 e. The Balaban J connectivity index is 2.70. The van der Waals surface area contributed by atoms with Crippen LogP contribution in [0.4, 0.5) is 0 Å².